The molecule has 1 saturated heterocycles. The Bertz CT molecular complexity index is 1010. The number of benzene rings is 1. The summed E-state index contributed by atoms with van der Waals surface area (Å²) in [6.45, 7) is 10.6. The van der Waals surface area contributed by atoms with Gasteiger partial charge in [0.05, 0.1) is 31.6 Å². The Labute approximate surface area is 182 Å². The molecule has 0 saturated carbocycles. The molecule has 1 atom stereocenters. The third-order valence-corrected chi connectivity index (χ3v) is 7.78. The van der Waals surface area contributed by atoms with Crippen LogP contribution < -0.4 is 14.5 Å². The van der Waals surface area contributed by atoms with Gasteiger partial charge in [-0.25, -0.2) is 9.97 Å². The summed E-state index contributed by atoms with van der Waals surface area (Å²) in [7, 11) is 0. The fraction of sp³-hybridized carbons (Fsp3) is 0.500. The molecule has 5 nitrogen and oxygen atoms in total. The van der Waals surface area contributed by atoms with Crippen molar-refractivity contribution in [2.75, 3.05) is 44.2 Å². The standard InChI is InChI=1S/C24H30N4OS/c1-17-3-6-19(7-4-17)29-14-13-27-9-11-28(12-10-27)23-22-20-15-18(2)5-8-21(20)30-24(22)26-16-25-23/h3-4,6-7,16,18H,5,8-15H2,1-2H3/p+1/t18-/m0/s1. The molecular weight excluding hydrogens is 392 g/mol. The number of piperazine rings is 1. The van der Waals surface area contributed by atoms with Crippen LogP contribution in [0.15, 0.2) is 30.6 Å². The number of hydrogen-bond acceptors (Lipinski definition) is 5. The SMILES string of the molecule is Cc1ccc(OCC[NH+]2CCN(c3ncnc4sc5c(c34)C[C@@H](C)CC5)CC2)cc1. The van der Waals surface area contributed by atoms with Crippen molar-refractivity contribution in [2.45, 2.75) is 33.1 Å². The lowest BCUT2D eigenvalue weighted by Gasteiger charge is -2.33. The highest BCUT2D eigenvalue weighted by Gasteiger charge is 2.27. The average molecular weight is 424 g/mol. The van der Waals surface area contributed by atoms with Crippen molar-refractivity contribution in [1.29, 1.82) is 0 Å². The number of aromatic nitrogens is 2. The van der Waals surface area contributed by atoms with E-state index in [-0.39, 0.29) is 0 Å². The molecular formula is C24H31N4OS+. The molecule has 2 aromatic heterocycles. The number of thiophene rings is 1. The van der Waals surface area contributed by atoms with E-state index < -0.39 is 0 Å². The summed E-state index contributed by atoms with van der Waals surface area (Å²) in [5.41, 5.74) is 2.80. The molecule has 1 fully saturated rings. The monoisotopic (exact) mass is 423 g/mol. The second-order valence-corrected chi connectivity index (χ2v) is 9.96. The normalized spacial score (nSPS) is 19.8. The van der Waals surface area contributed by atoms with Gasteiger partial charge < -0.3 is 14.5 Å². The lowest BCUT2D eigenvalue weighted by molar-refractivity contribution is -0.900. The number of fused-ring (bicyclic) bond motifs is 3. The second-order valence-electron chi connectivity index (χ2n) is 8.88. The van der Waals surface area contributed by atoms with Gasteiger partial charge in [-0.05, 0) is 49.8 Å². The van der Waals surface area contributed by atoms with Crippen LogP contribution in [0.25, 0.3) is 10.2 Å². The van der Waals surface area contributed by atoms with Gasteiger partial charge in [0.15, 0.2) is 0 Å². The van der Waals surface area contributed by atoms with Gasteiger partial charge in [-0.1, -0.05) is 24.6 Å². The lowest BCUT2D eigenvalue weighted by Crippen LogP contribution is -3.15. The molecule has 1 aliphatic heterocycles. The summed E-state index contributed by atoms with van der Waals surface area (Å²) in [4.78, 5) is 16.2. The van der Waals surface area contributed by atoms with Crippen LogP contribution in [0.1, 0.15) is 29.3 Å². The first-order valence-electron chi connectivity index (χ1n) is 11.2. The zero-order valence-electron chi connectivity index (χ0n) is 18.0. The number of anilines is 1. The van der Waals surface area contributed by atoms with E-state index in [0.29, 0.717) is 0 Å². The molecule has 0 spiro atoms. The summed E-state index contributed by atoms with van der Waals surface area (Å²) in [6.07, 6.45) is 5.44. The van der Waals surface area contributed by atoms with Crippen molar-refractivity contribution in [3.8, 4) is 5.75 Å². The van der Waals surface area contributed by atoms with Crippen LogP contribution in [-0.4, -0.2) is 49.3 Å². The fourth-order valence-electron chi connectivity index (χ4n) is 4.74. The zero-order chi connectivity index (χ0) is 20.5. The van der Waals surface area contributed by atoms with Gasteiger partial charge >= 0.3 is 0 Å². The highest BCUT2D eigenvalue weighted by atomic mass is 32.1. The molecule has 0 unspecified atom stereocenters. The number of hydrogen-bond donors (Lipinski definition) is 1. The van der Waals surface area contributed by atoms with E-state index in [2.05, 4.69) is 48.0 Å². The van der Waals surface area contributed by atoms with Crippen LogP contribution in [-0.2, 0) is 12.8 Å². The minimum atomic E-state index is 0.762. The quantitative estimate of drug-likeness (QED) is 0.685. The Kier molecular flexibility index (Phi) is 5.61. The number of ether oxygens (including phenoxy) is 1. The van der Waals surface area contributed by atoms with Crippen LogP contribution >= 0.6 is 11.3 Å². The molecule has 1 N–H and O–H groups in total. The van der Waals surface area contributed by atoms with E-state index >= 15 is 0 Å². The van der Waals surface area contributed by atoms with E-state index in [1.54, 1.807) is 16.1 Å². The average Bonchev–Trinajstić information content (AvgIpc) is 3.14. The predicted octanol–water partition coefficient (Wildman–Crippen LogP) is 2.91. The highest BCUT2D eigenvalue weighted by Crippen LogP contribution is 2.40. The molecule has 0 amide bonds. The highest BCUT2D eigenvalue weighted by molar-refractivity contribution is 7.19. The van der Waals surface area contributed by atoms with Crippen molar-refractivity contribution >= 4 is 27.4 Å². The molecule has 5 rings (SSSR count). The minimum absolute atomic E-state index is 0.762. The number of nitrogens with zero attached hydrogens (tertiary/aromatic N) is 3. The Balaban J connectivity index is 1.22. The number of aryl methyl sites for hydroxylation is 2. The molecule has 3 heterocycles. The van der Waals surface area contributed by atoms with Gasteiger partial charge in [0.25, 0.3) is 0 Å². The second kappa shape index (κ2) is 8.52. The molecule has 3 aromatic rings. The number of rotatable bonds is 5. The maximum atomic E-state index is 5.94. The van der Waals surface area contributed by atoms with E-state index in [0.717, 1.165) is 51.0 Å². The van der Waals surface area contributed by atoms with E-state index in [1.807, 2.05) is 11.3 Å². The fourth-order valence-corrected chi connectivity index (χ4v) is 5.92. The third-order valence-electron chi connectivity index (χ3n) is 6.58. The Morgan fingerprint density at radius 2 is 1.97 bits per heavy atom. The topological polar surface area (TPSA) is 42.7 Å². The Morgan fingerprint density at radius 3 is 2.77 bits per heavy atom. The van der Waals surface area contributed by atoms with Gasteiger partial charge in [0.1, 0.15) is 35.9 Å². The molecule has 30 heavy (non-hydrogen) atoms. The molecule has 158 valence electrons. The maximum Gasteiger partial charge on any atom is 0.141 e. The van der Waals surface area contributed by atoms with Crippen molar-refractivity contribution in [3.63, 3.8) is 0 Å². The molecule has 0 bridgehead atoms. The molecule has 6 heteroatoms. The first kappa shape index (κ1) is 19.8. The first-order valence-corrected chi connectivity index (χ1v) is 12.0. The van der Waals surface area contributed by atoms with Crippen LogP contribution in [0.2, 0.25) is 0 Å². The van der Waals surface area contributed by atoms with E-state index in [4.69, 9.17) is 9.72 Å². The molecule has 1 aromatic carbocycles. The third kappa shape index (κ3) is 4.03. The maximum absolute atomic E-state index is 5.94. The van der Waals surface area contributed by atoms with Gasteiger partial charge in [-0.2, -0.15) is 0 Å². The molecule has 1 aliphatic carbocycles. The van der Waals surface area contributed by atoms with Crippen molar-refractivity contribution < 1.29 is 9.64 Å². The van der Waals surface area contributed by atoms with Crippen LogP contribution in [0.5, 0.6) is 5.75 Å². The summed E-state index contributed by atoms with van der Waals surface area (Å²) in [5, 5.41) is 1.34. The van der Waals surface area contributed by atoms with Crippen molar-refractivity contribution in [2.24, 2.45) is 5.92 Å². The largest absolute Gasteiger partial charge is 0.488 e. The lowest BCUT2D eigenvalue weighted by atomic mass is 9.88. The molecule has 2 aliphatic rings. The van der Waals surface area contributed by atoms with Gasteiger partial charge in [0.2, 0.25) is 0 Å². The summed E-state index contributed by atoms with van der Waals surface area (Å²) >= 11 is 1.89. The van der Waals surface area contributed by atoms with Gasteiger partial charge in [0, 0.05) is 4.88 Å². The summed E-state index contributed by atoms with van der Waals surface area (Å²) in [6, 6.07) is 8.33. The van der Waals surface area contributed by atoms with Gasteiger partial charge in [-0.3, -0.25) is 0 Å². The smallest absolute Gasteiger partial charge is 0.141 e. The number of quaternary nitrogens is 1. The van der Waals surface area contributed by atoms with Crippen LogP contribution in [0.4, 0.5) is 5.82 Å². The zero-order valence-corrected chi connectivity index (χ0v) is 18.8. The van der Waals surface area contributed by atoms with E-state index in [1.165, 1.54) is 46.4 Å². The summed E-state index contributed by atoms with van der Waals surface area (Å²) < 4.78 is 5.94. The minimum Gasteiger partial charge on any atom is -0.488 e. The predicted molar refractivity (Wildman–Crippen MR) is 123 cm³/mol. The van der Waals surface area contributed by atoms with Gasteiger partial charge in [-0.15, -0.1) is 11.3 Å². The van der Waals surface area contributed by atoms with E-state index in [9.17, 15) is 0 Å². The van der Waals surface area contributed by atoms with Crippen LogP contribution in [0, 0.1) is 12.8 Å². The first-order chi connectivity index (χ1) is 14.7. The summed E-state index contributed by atoms with van der Waals surface area (Å²) in [5.74, 6) is 2.90. The van der Waals surface area contributed by atoms with Crippen LogP contribution in [0.3, 0.4) is 0 Å². The number of nitrogens with one attached hydrogen (secondary N) is 1. The van der Waals surface area contributed by atoms with Crippen molar-refractivity contribution in [1.82, 2.24) is 9.97 Å². The Hall–Kier alpha value is -2.18. The van der Waals surface area contributed by atoms with Crippen molar-refractivity contribution in [3.05, 3.63) is 46.6 Å². The molecule has 0 radical (unpaired) electrons. The Morgan fingerprint density at radius 1 is 1.17 bits per heavy atom.